The van der Waals surface area contributed by atoms with E-state index in [4.69, 9.17) is 0 Å². The monoisotopic (exact) mass is 205 g/mol. The van der Waals surface area contributed by atoms with E-state index in [2.05, 4.69) is 22.2 Å². The quantitative estimate of drug-likeness (QED) is 0.818. The summed E-state index contributed by atoms with van der Waals surface area (Å²) in [6, 6.07) is 2.01. The van der Waals surface area contributed by atoms with E-state index in [1.165, 1.54) is 5.56 Å². The van der Waals surface area contributed by atoms with Crippen molar-refractivity contribution in [3.8, 4) is 10.4 Å². The van der Waals surface area contributed by atoms with E-state index in [0.29, 0.717) is 0 Å². The van der Waals surface area contributed by atoms with Crippen molar-refractivity contribution in [3.63, 3.8) is 0 Å². The van der Waals surface area contributed by atoms with Crippen LogP contribution in [0.25, 0.3) is 10.4 Å². The summed E-state index contributed by atoms with van der Waals surface area (Å²) in [5.74, 6) is 0.911. The third kappa shape index (κ3) is 1.48. The van der Waals surface area contributed by atoms with Gasteiger partial charge >= 0.3 is 0 Å². The molecule has 0 aliphatic carbocycles. The van der Waals surface area contributed by atoms with Gasteiger partial charge in [0.2, 0.25) is 0 Å². The molecule has 72 valence electrons. The fraction of sp³-hybridized carbons (Fsp3) is 0.200. The molecule has 0 aliphatic rings. The number of aromatic nitrogens is 2. The zero-order valence-electron chi connectivity index (χ0n) is 8.11. The maximum absolute atomic E-state index is 4.28. The van der Waals surface area contributed by atoms with Crippen LogP contribution >= 0.6 is 11.3 Å². The molecule has 2 aromatic heterocycles. The lowest BCUT2D eigenvalue weighted by molar-refractivity contribution is 1.26. The van der Waals surface area contributed by atoms with Gasteiger partial charge in [-0.15, -0.1) is 11.3 Å². The van der Waals surface area contributed by atoms with Crippen molar-refractivity contribution >= 4 is 17.2 Å². The number of hydrogen-bond acceptors (Lipinski definition) is 4. The highest BCUT2D eigenvalue weighted by Crippen LogP contribution is 2.31. The molecular formula is C10H11N3S. The van der Waals surface area contributed by atoms with Crippen LogP contribution in [0.4, 0.5) is 5.82 Å². The summed E-state index contributed by atoms with van der Waals surface area (Å²) in [6.07, 6.45) is 3.68. The average molecular weight is 205 g/mol. The topological polar surface area (TPSA) is 37.8 Å². The molecule has 4 heteroatoms. The molecule has 0 saturated heterocycles. The van der Waals surface area contributed by atoms with Gasteiger partial charge in [0.05, 0.1) is 10.4 Å². The van der Waals surface area contributed by atoms with E-state index >= 15 is 0 Å². The molecule has 0 unspecified atom stereocenters. The Hall–Kier alpha value is -1.42. The Kier molecular flexibility index (Phi) is 2.45. The van der Waals surface area contributed by atoms with E-state index in [9.17, 15) is 0 Å². The Morgan fingerprint density at radius 1 is 1.43 bits per heavy atom. The van der Waals surface area contributed by atoms with Gasteiger partial charge in [-0.05, 0) is 18.6 Å². The van der Waals surface area contributed by atoms with Gasteiger partial charge in [0.1, 0.15) is 5.82 Å². The third-order valence-corrected chi connectivity index (χ3v) is 2.87. The molecule has 0 aromatic carbocycles. The largest absolute Gasteiger partial charge is 0.373 e. The molecular weight excluding hydrogens is 194 g/mol. The van der Waals surface area contributed by atoms with Gasteiger partial charge in [0, 0.05) is 25.0 Å². The van der Waals surface area contributed by atoms with Gasteiger partial charge in [-0.25, -0.2) is 4.98 Å². The highest BCUT2D eigenvalue weighted by atomic mass is 32.1. The van der Waals surface area contributed by atoms with Crippen molar-refractivity contribution in [2.24, 2.45) is 0 Å². The van der Waals surface area contributed by atoms with Crippen molar-refractivity contribution < 1.29 is 0 Å². The van der Waals surface area contributed by atoms with E-state index in [-0.39, 0.29) is 0 Å². The predicted molar refractivity (Wildman–Crippen MR) is 59.6 cm³/mol. The molecule has 0 spiro atoms. The number of anilines is 1. The highest BCUT2D eigenvalue weighted by molar-refractivity contribution is 7.13. The number of pyridine rings is 1. The Morgan fingerprint density at radius 3 is 2.93 bits per heavy atom. The third-order valence-electron chi connectivity index (χ3n) is 2.07. The first-order chi connectivity index (χ1) is 6.83. The van der Waals surface area contributed by atoms with Crippen LogP contribution in [0.2, 0.25) is 0 Å². The van der Waals surface area contributed by atoms with E-state index in [1.807, 2.05) is 31.0 Å². The molecule has 0 saturated carbocycles. The molecule has 2 heterocycles. The summed E-state index contributed by atoms with van der Waals surface area (Å²) in [4.78, 5) is 9.51. The number of thiazole rings is 1. The lowest BCUT2D eigenvalue weighted by Gasteiger charge is -2.08. The van der Waals surface area contributed by atoms with Crippen molar-refractivity contribution in [1.82, 2.24) is 9.97 Å². The second-order valence-corrected chi connectivity index (χ2v) is 3.85. The molecule has 3 nitrogen and oxygen atoms in total. The Labute approximate surface area is 86.8 Å². The van der Waals surface area contributed by atoms with E-state index < -0.39 is 0 Å². The number of nitrogens with one attached hydrogen (secondary N) is 1. The average Bonchev–Trinajstić information content (AvgIpc) is 2.70. The van der Waals surface area contributed by atoms with Gasteiger partial charge in [-0.2, -0.15) is 0 Å². The number of nitrogens with zero attached hydrogens (tertiary/aromatic N) is 2. The second-order valence-electron chi connectivity index (χ2n) is 2.97. The van der Waals surface area contributed by atoms with Crippen LogP contribution in [0.1, 0.15) is 5.56 Å². The standard InChI is InChI=1S/C10H11N3S/c1-7-3-4-13-10(11-2)9(7)8-5-12-6-14-8/h3-6H,1-2H3,(H,11,13). The van der Waals surface area contributed by atoms with Crippen LogP contribution in [0.15, 0.2) is 24.0 Å². The first-order valence-corrected chi connectivity index (χ1v) is 5.23. The maximum atomic E-state index is 4.28. The Balaban J connectivity index is 2.61. The fourth-order valence-corrected chi connectivity index (χ4v) is 2.13. The van der Waals surface area contributed by atoms with Gasteiger partial charge in [-0.3, -0.25) is 4.98 Å². The van der Waals surface area contributed by atoms with Crippen LogP contribution in [0, 0.1) is 6.92 Å². The van der Waals surface area contributed by atoms with Crippen molar-refractivity contribution in [1.29, 1.82) is 0 Å². The van der Waals surface area contributed by atoms with Crippen molar-refractivity contribution in [3.05, 3.63) is 29.5 Å². The van der Waals surface area contributed by atoms with Crippen molar-refractivity contribution in [2.45, 2.75) is 6.92 Å². The van der Waals surface area contributed by atoms with E-state index in [1.54, 1.807) is 11.3 Å². The molecule has 2 rings (SSSR count). The normalized spacial score (nSPS) is 10.1. The predicted octanol–water partition coefficient (Wildman–Crippen LogP) is 2.56. The molecule has 14 heavy (non-hydrogen) atoms. The van der Waals surface area contributed by atoms with Crippen LogP contribution < -0.4 is 5.32 Å². The van der Waals surface area contributed by atoms with Crippen LogP contribution in [-0.4, -0.2) is 17.0 Å². The first-order valence-electron chi connectivity index (χ1n) is 4.35. The molecule has 0 atom stereocenters. The summed E-state index contributed by atoms with van der Waals surface area (Å²) < 4.78 is 0. The van der Waals surface area contributed by atoms with Crippen LogP contribution in [0.3, 0.4) is 0 Å². The summed E-state index contributed by atoms with van der Waals surface area (Å²) in [5, 5.41) is 3.09. The minimum absolute atomic E-state index is 0.911. The van der Waals surface area contributed by atoms with Gasteiger partial charge < -0.3 is 5.32 Å². The number of rotatable bonds is 2. The molecule has 0 bridgehead atoms. The van der Waals surface area contributed by atoms with Crippen LogP contribution in [-0.2, 0) is 0 Å². The summed E-state index contributed by atoms with van der Waals surface area (Å²) in [6.45, 7) is 2.08. The summed E-state index contributed by atoms with van der Waals surface area (Å²) in [5.41, 5.74) is 4.20. The van der Waals surface area contributed by atoms with Crippen molar-refractivity contribution in [2.75, 3.05) is 12.4 Å². The fourth-order valence-electron chi connectivity index (χ4n) is 1.40. The Bertz CT molecular complexity index is 423. The smallest absolute Gasteiger partial charge is 0.134 e. The second kappa shape index (κ2) is 3.75. The summed E-state index contributed by atoms with van der Waals surface area (Å²) in [7, 11) is 1.88. The van der Waals surface area contributed by atoms with Crippen LogP contribution in [0.5, 0.6) is 0 Å². The SMILES string of the molecule is CNc1nccc(C)c1-c1cncs1. The Morgan fingerprint density at radius 2 is 2.29 bits per heavy atom. The van der Waals surface area contributed by atoms with E-state index in [0.717, 1.165) is 16.3 Å². The maximum Gasteiger partial charge on any atom is 0.134 e. The highest BCUT2D eigenvalue weighted by Gasteiger charge is 2.09. The number of aryl methyl sites for hydroxylation is 1. The minimum Gasteiger partial charge on any atom is -0.373 e. The molecule has 0 radical (unpaired) electrons. The van der Waals surface area contributed by atoms with Gasteiger partial charge in [0.15, 0.2) is 0 Å². The number of hydrogen-bond donors (Lipinski definition) is 1. The molecule has 0 aliphatic heterocycles. The first kappa shape index (κ1) is 9.15. The van der Waals surface area contributed by atoms with Gasteiger partial charge in [0.25, 0.3) is 0 Å². The zero-order valence-corrected chi connectivity index (χ0v) is 8.93. The molecule has 2 aromatic rings. The molecule has 0 amide bonds. The zero-order chi connectivity index (χ0) is 9.97. The molecule has 0 fully saturated rings. The lowest BCUT2D eigenvalue weighted by Crippen LogP contribution is -1.96. The van der Waals surface area contributed by atoms with Gasteiger partial charge in [-0.1, -0.05) is 0 Å². The minimum atomic E-state index is 0.911. The summed E-state index contributed by atoms with van der Waals surface area (Å²) >= 11 is 1.63. The lowest BCUT2D eigenvalue weighted by atomic mass is 10.1. The molecule has 1 N–H and O–H groups in total.